The Bertz CT molecular complexity index is 1180. The number of halogens is 2. The molecule has 0 saturated carbocycles. The molecular formula is C23H19F2N3O4. The monoisotopic (exact) mass is 439 g/mol. The first-order valence-corrected chi connectivity index (χ1v) is 10.3. The molecule has 32 heavy (non-hydrogen) atoms. The number of likely N-dealkylation sites (tertiary alicyclic amines) is 1. The van der Waals surface area contributed by atoms with Crippen LogP contribution in [-0.2, 0) is 21.8 Å². The van der Waals surface area contributed by atoms with Gasteiger partial charge < -0.3 is 9.80 Å². The molecule has 5 rings (SSSR count). The van der Waals surface area contributed by atoms with Crippen molar-refractivity contribution in [3.05, 3.63) is 70.5 Å². The van der Waals surface area contributed by atoms with Crippen molar-refractivity contribution in [1.82, 2.24) is 15.1 Å². The first-order valence-electron chi connectivity index (χ1n) is 10.3. The Morgan fingerprint density at radius 3 is 2.59 bits per heavy atom. The summed E-state index contributed by atoms with van der Waals surface area (Å²) in [6.45, 7) is -0.223. The van der Waals surface area contributed by atoms with Crippen LogP contribution in [0.1, 0.15) is 44.7 Å². The summed E-state index contributed by atoms with van der Waals surface area (Å²) >= 11 is 0. The summed E-state index contributed by atoms with van der Waals surface area (Å²) in [5.41, 5.74) is -0.298. The largest absolute Gasteiger partial charge is 0.331 e. The Hall–Kier alpha value is -3.62. The predicted octanol–water partition coefficient (Wildman–Crippen LogP) is 1.91. The number of nitrogens with zero attached hydrogens (tertiary/aromatic N) is 2. The molecule has 2 aromatic carbocycles. The average Bonchev–Trinajstić information content (AvgIpc) is 3.06. The Morgan fingerprint density at radius 2 is 1.88 bits per heavy atom. The van der Waals surface area contributed by atoms with Gasteiger partial charge in [0.1, 0.15) is 11.9 Å². The summed E-state index contributed by atoms with van der Waals surface area (Å²) in [5, 5.41) is 2.25. The molecule has 1 N–H and O–H groups in total. The van der Waals surface area contributed by atoms with Gasteiger partial charge >= 0.3 is 0 Å². The molecule has 4 amide bonds. The van der Waals surface area contributed by atoms with Gasteiger partial charge in [0.05, 0.1) is 13.1 Å². The van der Waals surface area contributed by atoms with Crippen LogP contribution in [0.15, 0.2) is 42.5 Å². The van der Waals surface area contributed by atoms with Crippen molar-refractivity contribution in [2.75, 3.05) is 13.1 Å². The van der Waals surface area contributed by atoms with Crippen LogP contribution in [0.2, 0.25) is 0 Å². The number of amides is 4. The molecule has 2 aromatic rings. The molecule has 2 saturated heterocycles. The predicted molar refractivity (Wildman–Crippen MR) is 108 cm³/mol. The molecule has 2 fully saturated rings. The van der Waals surface area contributed by atoms with E-state index in [9.17, 15) is 23.6 Å². The van der Waals surface area contributed by atoms with Crippen molar-refractivity contribution in [2.24, 2.45) is 0 Å². The summed E-state index contributed by atoms with van der Waals surface area (Å²) in [5.74, 6) is -2.11. The number of fused-ring (bicyclic) bond motifs is 1. The smallest absolute Gasteiger partial charge is 0.255 e. The normalized spacial score (nSPS) is 21.8. The van der Waals surface area contributed by atoms with E-state index in [0.29, 0.717) is 16.7 Å². The van der Waals surface area contributed by atoms with Gasteiger partial charge in [-0.05, 0) is 47.9 Å². The molecule has 1 unspecified atom stereocenters. The zero-order valence-electron chi connectivity index (χ0n) is 16.9. The van der Waals surface area contributed by atoms with Gasteiger partial charge in [-0.25, -0.2) is 8.78 Å². The minimum atomic E-state index is -1.80. The number of rotatable bonds is 3. The van der Waals surface area contributed by atoms with Crippen molar-refractivity contribution < 1.29 is 28.0 Å². The highest BCUT2D eigenvalue weighted by molar-refractivity contribution is 6.06. The Morgan fingerprint density at radius 1 is 1.09 bits per heavy atom. The fourth-order valence-electron chi connectivity index (χ4n) is 4.54. The van der Waals surface area contributed by atoms with Crippen LogP contribution in [0.5, 0.6) is 0 Å². The Labute approximate surface area is 182 Å². The van der Waals surface area contributed by atoms with Crippen LogP contribution in [-0.4, -0.2) is 52.6 Å². The lowest BCUT2D eigenvalue weighted by molar-refractivity contribution is -0.136. The summed E-state index contributed by atoms with van der Waals surface area (Å²) in [7, 11) is 0. The lowest BCUT2D eigenvalue weighted by Crippen LogP contribution is -2.58. The SMILES string of the molecule is O=C1CCC(N2Cc3cc(C(=O)N4CC(F)(c5cccc(F)c5)C4)ccc3C2=O)C(=O)N1. The second-order valence-corrected chi connectivity index (χ2v) is 8.41. The zero-order chi connectivity index (χ0) is 22.6. The van der Waals surface area contributed by atoms with E-state index in [-0.39, 0.29) is 55.8 Å². The molecule has 0 bridgehead atoms. The number of hydrogen-bond acceptors (Lipinski definition) is 4. The molecule has 0 spiro atoms. The third-order valence-corrected chi connectivity index (χ3v) is 6.28. The van der Waals surface area contributed by atoms with Gasteiger partial charge in [-0.3, -0.25) is 24.5 Å². The first-order chi connectivity index (χ1) is 15.2. The highest BCUT2D eigenvalue weighted by Crippen LogP contribution is 2.37. The maximum Gasteiger partial charge on any atom is 0.255 e. The van der Waals surface area contributed by atoms with Gasteiger partial charge in [-0.1, -0.05) is 12.1 Å². The average molecular weight is 439 g/mol. The molecule has 7 nitrogen and oxygen atoms in total. The van der Waals surface area contributed by atoms with Gasteiger partial charge in [0.15, 0.2) is 5.67 Å². The van der Waals surface area contributed by atoms with Gasteiger partial charge in [-0.2, -0.15) is 0 Å². The Kier molecular flexibility index (Phi) is 4.58. The van der Waals surface area contributed by atoms with E-state index in [1.54, 1.807) is 6.07 Å². The quantitative estimate of drug-likeness (QED) is 0.741. The highest BCUT2D eigenvalue weighted by atomic mass is 19.1. The second kappa shape index (κ2) is 7.22. The molecular weight excluding hydrogens is 420 g/mol. The van der Waals surface area contributed by atoms with E-state index in [0.717, 1.165) is 6.07 Å². The van der Waals surface area contributed by atoms with Crippen LogP contribution in [0.25, 0.3) is 0 Å². The summed E-state index contributed by atoms with van der Waals surface area (Å²) in [6.07, 6.45) is 0.411. The lowest BCUT2D eigenvalue weighted by atomic mass is 9.87. The molecule has 0 aliphatic carbocycles. The molecule has 164 valence electrons. The number of nitrogens with one attached hydrogen (secondary N) is 1. The third-order valence-electron chi connectivity index (χ3n) is 6.28. The maximum atomic E-state index is 15.1. The molecule has 3 heterocycles. The van der Waals surface area contributed by atoms with Crippen LogP contribution in [0, 0.1) is 5.82 Å². The van der Waals surface area contributed by atoms with E-state index < -0.39 is 23.4 Å². The van der Waals surface area contributed by atoms with Gasteiger partial charge in [-0.15, -0.1) is 0 Å². The van der Waals surface area contributed by atoms with Crippen LogP contribution in [0.3, 0.4) is 0 Å². The van der Waals surface area contributed by atoms with Crippen LogP contribution >= 0.6 is 0 Å². The highest BCUT2D eigenvalue weighted by Gasteiger charge is 2.48. The fourth-order valence-corrected chi connectivity index (χ4v) is 4.54. The van der Waals surface area contributed by atoms with Crippen molar-refractivity contribution in [2.45, 2.75) is 31.1 Å². The molecule has 3 aliphatic rings. The topological polar surface area (TPSA) is 86.8 Å². The van der Waals surface area contributed by atoms with Gasteiger partial charge in [0.25, 0.3) is 11.8 Å². The van der Waals surface area contributed by atoms with Gasteiger partial charge in [0, 0.05) is 24.1 Å². The van der Waals surface area contributed by atoms with E-state index in [1.165, 1.54) is 40.1 Å². The molecule has 9 heteroatoms. The van der Waals surface area contributed by atoms with E-state index in [1.807, 2.05) is 0 Å². The summed E-state index contributed by atoms with van der Waals surface area (Å²) in [6, 6.07) is 9.18. The zero-order valence-corrected chi connectivity index (χ0v) is 16.9. The van der Waals surface area contributed by atoms with Gasteiger partial charge in [0.2, 0.25) is 11.8 Å². The van der Waals surface area contributed by atoms with Crippen molar-refractivity contribution in [3.8, 4) is 0 Å². The molecule has 0 aromatic heterocycles. The van der Waals surface area contributed by atoms with E-state index in [4.69, 9.17) is 0 Å². The number of hydrogen-bond donors (Lipinski definition) is 1. The third kappa shape index (κ3) is 3.24. The number of carbonyl (C=O) groups is 4. The number of carbonyl (C=O) groups excluding carboxylic acids is 4. The minimum absolute atomic E-state index is 0.151. The second-order valence-electron chi connectivity index (χ2n) is 8.41. The molecule has 3 aliphatic heterocycles. The number of benzene rings is 2. The maximum absolute atomic E-state index is 15.1. The Balaban J connectivity index is 1.30. The summed E-state index contributed by atoms with van der Waals surface area (Å²) < 4.78 is 28.5. The van der Waals surface area contributed by atoms with Crippen LogP contribution < -0.4 is 5.32 Å². The number of piperidine rings is 1. The van der Waals surface area contributed by atoms with Crippen molar-refractivity contribution in [3.63, 3.8) is 0 Å². The standard InChI is InChI=1S/C23H19F2N3O4/c24-16-3-1-2-15(9-16)23(25)11-27(12-23)21(31)13-4-5-17-14(8-13)10-28(22(17)32)18-6-7-19(29)26-20(18)30/h1-5,8-9,18H,6-7,10-12H2,(H,26,29,30). The summed E-state index contributed by atoms with van der Waals surface area (Å²) in [4.78, 5) is 51.9. The number of imide groups is 1. The molecule has 0 radical (unpaired) electrons. The van der Waals surface area contributed by atoms with Crippen molar-refractivity contribution in [1.29, 1.82) is 0 Å². The fraction of sp³-hybridized carbons (Fsp3) is 0.304. The van der Waals surface area contributed by atoms with Crippen LogP contribution in [0.4, 0.5) is 8.78 Å². The molecule has 1 atom stereocenters. The van der Waals surface area contributed by atoms with Crippen molar-refractivity contribution >= 4 is 23.6 Å². The first kappa shape index (κ1) is 20.3. The minimum Gasteiger partial charge on any atom is -0.331 e. The lowest BCUT2D eigenvalue weighted by Gasteiger charge is -2.44. The van der Waals surface area contributed by atoms with E-state index in [2.05, 4.69) is 5.32 Å². The number of alkyl halides is 1. The van der Waals surface area contributed by atoms with E-state index >= 15 is 4.39 Å².